The molecule has 92 valence electrons. The van der Waals surface area contributed by atoms with Crippen LogP contribution in [-0.2, 0) is 11.0 Å². The van der Waals surface area contributed by atoms with Crippen LogP contribution in [-0.4, -0.2) is 22.0 Å². The van der Waals surface area contributed by atoms with Crippen LogP contribution in [0.3, 0.4) is 0 Å². The first kappa shape index (κ1) is 12.2. The van der Waals surface area contributed by atoms with Gasteiger partial charge in [0.05, 0.1) is 5.52 Å². The Labute approximate surface area is 98.5 Å². The second kappa shape index (κ2) is 4.17. The van der Waals surface area contributed by atoms with E-state index in [-0.39, 0.29) is 17.2 Å². The molecule has 1 heterocycles. The largest absolute Gasteiger partial charge is 0.451 e. The van der Waals surface area contributed by atoms with Crippen LogP contribution in [0.25, 0.3) is 10.9 Å². The molecule has 0 aliphatic heterocycles. The minimum Gasteiger partial charge on any atom is -0.294 e. The summed E-state index contributed by atoms with van der Waals surface area (Å²) >= 11 is 0. The molecule has 0 saturated carbocycles. The van der Waals surface area contributed by atoms with Crippen molar-refractivity contribution < 1.29 is 22.8 Å². The number of Topliss-reactive ketones (excluding diaryl/α,β-unsaturated/α-hetero) is 1. The Morgan fingerprint density at radius 2 is 1.83 bits per heavy atom. The normalized spacial score (nSPS) is 11.5. The highest BCUT2D eigenvalue weighted by Gasteiger charge is 2.36. The smallest absolute Gasteiger partial charge is 0.294 e. The third-order valence-electron chi connectivity index (χ3n) is 2.20. The number of carbonyl (C=O) groups is 2. The second-order valence-electron chi connectivity index (χ2n) is 3.39. The van der Waals surface area contributed by atoms with Gasteiger partial charge in [-0.25, -0.2) is 9.97 Å². The number of ketones is 1. The molecular weight excluding hydrogens is 249 g/mol. The quantitative estimate of drug-likeness (QED) is 0.467. The maximum atomic E-state index is 12.5. The van der Waals surface area contributed by atoms with Crippen molar-refractivity contribution in [1.29, 1.82) is 0 Å². The third kappa shape index (κ3) is 2.06. The summed E-state index contributed by atoms with van der Waals surface area (Å²) in [6.07, 6.45) is -4.85. The molecule has 0 radical (unpaired) electrons. The molecule has 0 aliphatic carbocycles. The molecule has 0 unspecified atom stereocenters. The Bertz CT molecular complexity index is 638. The lowest BCUT2D eigenvalue weighted by Crippen LogP contribution is -2.15. The first-order chi connectivity index (χ1) is 8.43. The average Bonchev–Trinajstić information content (AvgIpc) is 2.35. The average molecular weight is 254 g/mol. The first-order valence-electron chi connectivity index (χ1n) is 4.77. The molecule has 0 fully saturated rings. The van der Waals surface area contributed by atoms with Crippen LogP contribution in [0.15, 0.2) is 24.3 Å². The predicted molar refractivity (Wildman–Crippen MR) is 54.9 cm³/mol. The van der Waals surface area contributed by atoms with Gasteiger partial charge in [-0.2, -0.15) is 13.2 Å². The number of hydrogen-bond acceptors (Lipinski definition) is 4. The van der Waals surface area contributed by atoms with E-state index in [1.807, 2.05) is 0 Å². The van der Waals surface area contributed by atoms with Crippen LogP contribution in [0.1, 0.15) is 16.3 Å². The van der Waals surface area contributed by atoms with Gasteiger partial charge in [-0.3, -0.25) is 9.59 Å². The zero-order valence-electron chi connectivity index (χ0n) is 8.73. The summed E-state index contributed by atoms with van der Waals surface area (Å²) in [5.41, 5.74) is -0.576. The maximum Gasteiger partial charge on any atom is 0.451 e. The Morgan fingerprint density at radius 1 is 1.17 bits per heavy atom. The maximum absolute atomic E-state index is 12.5. The highest BCUT2D eigenvalue weighted by molar-refractivity contribution is 6.35. The summed E-state index contributed by atoms with van der Waals surface area (Å²) in [6, 6.07) is 5.69. The molecular formula is C11H5F3N2O2. The van der Waals surface area contributed by atoms with E-state index < -0.39 is 23.5 Å². The summed E-state index contributed by atoms with van der Waals surface area (Å²) in [5, 5.41) is 0.114. The lowest BCUT2D eigenvalue weighted by atomic mass is 10.1. The molecule has 0 bridgehead atoms. The minimum absolute atomic E-state index is 0.0370. The van der Waals surface area contributed by atoms with Gasteiger partial charge in [0.15, 0.2) is 6.29 Å². The Balaban J connectivity index is 2.80. The van der Waals surface area contributed by atoms with Gasteiger partial charge in [-0.15, -0.1) is 0 Å². The molecule has 0 N–H and O–H groups in total. The standard InChI is InChI=1S/C11H5F3N2O2/c12-11(13,14)10-15-7-4-2-1-3-6(7)9(16-10)8(18)5-17/h1-5H. The number of para-hydroxylation sites is 1. The van der Waals surface area contributed by atoms with Gasteiger partial charge in [0, 0.05) is 5.39 Å². The Hall–Kier alpha value is -2.31. The lowest BCUT2D eigenvalue weighted by molar-refractivity contribution is -0.144. The van der Waals surface area contributed by atoms with Gasteiger partial charge in [-0.05, 0) is 6.07 Å². The van der Waals surface area contributed by atoms with Crippen molar-refractivity contribution in [3.63, 3.8) is 0 Å². The number of rotatable bonds is 2. The van der Waals surface area contributed by atoms with Gasteiger partial charge in [0.1, 0.15) is 5.69 Å². The third-order valence-corrected chi connectivity index (χ3v) is 2.20. The van der Waals surface area contributed by atoms with Gasteiger partial charge in [0.25, 0.3) is 0 Å². The molecule has 0 aliphatic rings. The van der Waals surface area contributed by atoms with Crippen LogP contribution in [0, 0.1) is 0 Å². The van der Waals surface area contributed by atoms with Crippen LogP contribution < -0.4 is 0 Å². The first-order valence-corrected chi connectivity index (χ1v) is 4.77. The van der Waals surface area contributed by atoms with Crippen molar-refractivity contribution in [1.82, 2.24) is 9.97 Å². The molecule has 7 heteroatoms. The Morgan fingerprint density at radius 3 is 2.44 bits per heavy atom. The highest BCUT2D eigenvalue weighted by atomic mass is 19.4. The molecule has 0 spiro atoms. The van der Waals surface area contributed by atoms with Crippen LogP contribution in [0.5, 0.6) is 0 Å². The minimum atomic E-state index is -4.78. The van der Waals surface area contributed by atoms with E-state index in [1.165, 1.54) is 24.3 Å². The molecule has 0 amide bonds. The molecule has 2 rings (SSSR count). The van der Waals surface area contributed by atoms with Crippen LogP contribution in [0.2, 0.25) is 0 Å². The fourth-order valence-corrected chi connectivity index (χ4v) is 1.45. The molecule has 0 saturated heterocycles. The van der Waals surface area contributed by atoms with Crippen LogP contribution in [0.4, 0.5) is 13.2 Å². The SMILES string of the molecule is O=CC(=O)c1nc(C(F)(F)F)nc2ccccc12. The fourth-order valence-electron chi connectivity index (χ4n) is 1.45. The number of carbonyl (C=O) groups excluding carboxylic acids is 2. The monoisotopic (exact) mass is 254 g/mol. The van der Waals surface area contributed by atoms with E-state index in [1.54, 1.807) is 0 Å². The second-order valence-corrected chi connectivity index (χ2v) is 3.39. The molecule has 2 aromatic rings. The van der Waals surface area contributed by atoms with Gasteiger partial charge >= 0.3 is 6.18 Å². The van der Waals surface area contributed by atoms with E-state index in [2.05, 4.69) is 9.97 Å². The number of nitrogens with zero attached hydrogens (tertiary/aromatic N) is 2. The van der Waals surface area contributed by atoms with Crippen molar-refractivity contribution in [2.24, 2.45) is 0 Å². The van der Waals surface area contributed by atoms with Crippen molar-refractivity contribution >= 4 is 23.0 Å². The number of benzene rings is 1. The van der Waals surface area contributed by atoms with Gasteiger partial charge in [0.2, 0.25) is 11.6 Å². The van der Waals surface area contributed by atoms with Crippen molar-refractivity contribution in [3.05, 3.63) is 35.8 Å². The highest BCUT2D eigenvalue weighted by Crippen LogP contribution is 2.28. The van der Waals surface area contributed by atoms with E-state index in [9.17, 15) is 22.8 Å². The van der Waals surface area contributed by atoms with Gasteiger partial charge < -0.3 is 0 Å². The Kier molecular flexibility index (Phi) is 2.82. The number of fused-ring (bicyclic) bond motifs is 1. The molecule has 0 atom stereocenters. The zero-order chi connectivity index (χ0) is 13.3. The summed E-state index contributed by atoms with van der Waals surface area (Å²) in [7, 11) is 0. The number of halogens is 3. The number of aromatic nitrogens is 2. The van der Waals surface area contributed by atoms with E-state index in [0.29, 0.717) is 0 Å². The topological polar surface area (TPSA) is 59.9 Å². The molecule has 1 aromatic carbocycles. The summed E-state index contributed by atoms with van der Waals surface area (Å²) < 4.78 is 37.6. The fraction of sp³-hybridized carbons (Fsp3) is 0.0909. The van der Waals surface area contributed by atoms with E-state index >= 15 is 0 Å². The molecule has 18 heavy (non-hydrogen) atoms. The van der Waals surface area contributed by atoms with E-state index in [4.69, 9.17) is 0 Å². The zero-order valence-corrected chi connectivity index (χ0v) is 8.73. The number of hydrogen-bond donors (Lipinski definition) is 0. The van der Waals surface area contributed by atoms with Crippen LogP contribution >= 0.6 is 0 Å². The number of alkyl halides is 3. The van der Waals surface area contributed by atoms with Gasteiger partial charge in [-0.1, -0.05) is 18.2 Å². The predicted octanol–water partition coefficient (Wildman–Crippen LogP) is 2.03. The van der Waals surface area contributed by atoms with E-state index in [0.717, 1.165) is 0 Å². The number of aldehydes is 1. The summed E-state index contributed by atoms with van der Waals surface area (Å²) in [4.78, 5) is 28.1. The van der Waals surface area contributed by atoms with Crippen molar-refractivity contribution in [2.75, 3.05) is 0 Å². The lowest BCUT2D eigenvalue weighted by Gasteiger charge is -2.08. The molecule has 1 aromatic heterocycles. The molecule has 4 nitrogen and oxygen atoms in total. The summed E-state index contributed by atoms with van der Waals surface area (Å²) in [6.45, 7) is 0. The van der Waals surface area contributed by atoms with Crippen molar-refractivity contribution in [3.8, 4) is 0 Å². The van der Waals surface area contributed by atoms with Crippen molar-refractivity contribution in [2.45, 2.75) is 6.18 Å². The summed E-state index contributed by atoms with van der Waals surface area (Å²) in [5.74, 6) is -2.55.